The van der Waals surface area contributed by atoms with E-state index in [1.54, 1.807) is 0 Å². The second-order valence-electron chi connectivity index (χ2n) is 7.65. The Morgan fingerprint density at radius 3 is 1.73 bits per heavy atom. The minimum absolute atomic E-state index is 0.0262. The minimum atomic E-state index is -6.74. The molecule has 194 valence electrons. The van der Waals surface area contributed by atoms with E-state index in [0.29, 0.717) is 5.39 Å². The van der Waals surface area contributed by atoms with Crippen LogP contribution in [0.4, 0.5) is 30.7 Å². The van der Waals surface area contributed by atoms with Gasteiger partial charge in [-0.3, -0.25) is 0 Å². The van der Waals surface area contributed by atoms with Crippen molar-refractivity contribution in [1.29, 1.82) is 0 Å². The van der Waals surface area contributed by atoms with Gasteiger partial charge in [0.2, 0.25) is 0 Å². The Labute approximate surface area is 205 Å². The molecule has 0 fully saturated rings. The Hall–Kier alpha value is -3.80. The summed E-state index contributed by atoms with van der Waals surface area (Å²) in [7, 11) is -3.72. The number of benzene rings is 3. The van der Waals surface area contributed by atoms with Gasteiger partial charge < -0.3 is 8.60 Å². The largest absolute Gasteiger partial charge is 0.460 e. The molecule has 0 saturated carbocycles. The van der Waals surface area contributed by atoms with Crippen LogP contribution in [0.25, 0.3) is 11.0 Å². The van der Waals surface area contributed by atoms with E-state index in [0.717, 1.165) is 6.07 Å². The van der Waals surface area contributed by atoms with Crippen LogP contribution in [0.2, 0.25) is 0 Å². The summed E-state index contributed by atoms with van der Waals surface area (Å²) in [6.07, 6.45) is -6.74. The second-order valence-corrected chi connectivity index (χ2v) is 10.3. The van der Waals surface area contributed by atoms with Gasteiger partial charge in [-0.1, -0.05) is 42.5 Å². The van der Waals surface area contributed by atoms with Crippen LogP contribution < -0.4 is 5.63 Å². The van der Waals surface area contributed by atoms with E-state index in [9.17, 15) is 40.3 Å². The molecule has 12 heteroatoms. The smallest absolute Gasteiger partial charge is 0.423 e. The molecule has 0 radical (unpaired) electrons. The Morgan fingerprint density at radius 2 is 1.22 bits per heavy atom. The maximum Gasteiger partial charge on any atom is 0.460 e. The van der Waals surface area contributed by atoms with E-state index in [1.807, 2.05) is 0 Å². The van der Waals surface area contributed by atoms with E-state index in [1.165, 1.54) is 84.9 Å². The van der Waals surface area contributed by atoms with Crippen LogP contribution in [0.1, 0.15) is 0 Å². The minimum Gasteiger partial charge on any atom is -0.423 e. The lowest BCUT2D eigenvalue weighted by atomic mass is 10.1. The highest BCUT2D eigenvalue weighted by Gasteiger charge is 2.77. The first-order valence-electron chi connectivity index (χ1n) is 10.3. The summed E-state index contributed by atoms with van der Waals surface area (Å²) in [6.45, 7) is 0. The van der Waals surface area contributed by atoms with Crippen molar-refractivity contribution >= 4 is 27.2 Å². The standard InChI is InChI=1S/C25H15F7O4S/c26-23(27,24(28,29)25(30,31)32)22(34)36-37(17-7-3-1-4-8-17,18-9-5-2-6-10-18)19-13-11-16-12-14-21(33)35-20(16)15-19/h1-15H. The number of carbonyl (C=O) groups is 1. The average molecular weight is 544 g/mol. The first-order chi connectivity index (χ1) is 17.3. The summed E-state index contributed by atoms with van der Waals surface area (Å²) in [5.74, 6) is -16.1. The maximum absolute atomic E-state index is 14.5. The first kappa shape index (κ1) is 26.3. The van der Waals surface area contributed by atoms with Crippen LogP contribution in [-0.4, -0.2) is 24.0 Å². The van der Waals surface area contributed by atoms with Crippen molar-refractivity contribution in [3.05, 3.63) is 101 Å². The summed E-state index contributed by atoms with van der Waals surface area (Å²) in [6, 6.07) is 20.7. The molecule has 0 amide bonds. The molecule has 0 spiro atoms. The lowest BCUT2D eigenvalue weighted by Gasteiger charge is -2.41. The van der Waals surface area contributed by atoms with E-state index < -0.39 is 39.9 Å². The fourth-order valence-corrected chi connectivity index (χ4v) is 6.52. The number of alkyl halides is 7. The molecule has 37 heavy (non-hydrogen) atoms. The molecule has 1 heterocycles. The number of hydrogen-bond donors (Lipinski definition) is 0. The maximum atomic E-state index is 14.5. The molecule has 4 aromatic rings. The summed E-state index contributed by atoms with van der Waals surface area (Å²) in [5, 5.41) is 0.387. The predicted octanol–water partition coefficient (Wildman–Crippen LogP) is 7.37. The molecule has 0 aliphatic carbocycles. The first-order valence-corrected chi connectivity index (χ1v) is 11.9. The van der Waals surface area contributed by atoms with Crippen LogP contribution in [-0.2, 0) is 8.98 Å². The van der Waals surface area contributed by atoms with Gasteiger partial charge in [0.1, 0.15) is 5.58 Å². The van der Waals surface area contributed by atoms with Gasteiger partial charge in [-0.2, -0.15) is 30.7 Å². The predicted molar refractivity (Wildman–Crippen MR) is 120 cm³/mol. The molecule has 0 aliphatic heterocycles. The van der Waals surface area contributed by atoms with Gasteiger partial charge in [0.15, 0.2) is 0 Å². The summed E-state index contributed by atoms with van der Waals surface area (Å²) >= 11 is 0. The van der Waals surface area contributed by atoms with E-state index in [4.69, 9.17) is 8.60 Å². The van der Waals surface area contributed by atoms with Gasteiger partial charge in [-0.05, 0) is 52.8 Å². The molecule has 0 bridgehead atoms. The van der Waals surface area contributed by atoms with Crippen molar-refractivity contribution in [2.45, 2.75) is 32.7 Å². The lowest BCUT2D eigenvalue weighted by molar-refractivity contribution is -0.346. The van der Waals surface area contributed by atoms with Gasteiger partial charge >= 0.3 is 29.6 Å². The summed E-state index contributed by atoms with van der Waals surface area (Å²) < 4.78 is 105. The zero-order valence-corrected chi connectivity index (χ0v) is 19.2. The Morgan fingerprint density at radius 1 is 0.703 bits per heavy atom. The van der Waals surface area contributed by atoms with Gasteiger partial charge in [0, 0.05) is 26.1 Å². The molecule has 0 N–H and O–H groups in total. The molecule has 3 aromatic carbocycles. The quantitative estimate of drug-likeness (QED) is 0.188. The van der Waals surface area contributed by atoms with Crippen molar-refractivity contribution in [1.82, 2.24) is 0 Å². The Kier molecular flexibility index (Phi) is 6.57. The fourth-order valence-electron chi connectivity index (χ4n) is 3.47. The number of halogens is 7. The Bertz CT molecular complexity index is 1450. The molecule has 0 unspecified atom stereocenters. The average Bonchev–Trinajstić information content (AvgIpc) is 2.87. The van der Waals surface area contributed by atoms with Gasteiger partial charge in [0.25, 0.3) is 0 Å². The SMILES string of the molecule is O=C(OS(c1ccccc1)(c1ccccc1)c1ccc2ccc(=O)oc2c1)C(F)(F)C(F)(F)C(F)(F)F. The molecule has 4 nitrogen and oxygen atoms in total. The molecule has 0 atom stereocenters. The zero-order chi connectivity index (χ0) is 27.1. The van der Waals surface area contributed by atoms with Crippen LogP contribution in [0.15, 0.2) is 115 Å². The summed E-state index contributed by atoms with van der Waals surface area (Å²) in [5.41, 5.74) is -0.824. The number of fused-ring (bicyclic) bond motifs is 1. The monoisotopic (exact) mass is 544 g/mol. The highest BCUT2D eigenvalue weighted by Crippen LogP contribution is 2.70. The summed E-state index contributed by atoms with van der Waals surface area (Å²) in [4.78, 5) is 24.3. The van der Waals surface area contributed by atoms with Crippen molar-refractivity contribution in [2.24, 2.45) is 0 Å². The normalized spacial score (nSPS) is 13.4. The van der Waals surface area contributed by atoms with Crippen LogP contribution in [0.3, 0.4) is 0 Å². The Balaban J connectivity index is 2.02. The molecule has 1 aromatic heterocycles. The van der Waals surface area contributed by atoms with Gasteiger partial charge in [-0.15, -0.1) is 0 Å². The number of carbonyl (C=O) groups excluding carboxylic acids is 1. The van der Waals surface area contributed by atoms with Crippen LogP contribution in [0.5, 0.6) is 0 Å². The molecular weight excluding hydrogens is 529 g/mol. The highest BCUT2D eigenvalue weighted by atomic mass is 32.3. The van der Waals surface area contributed by atoms with Crippen molar-refractivity contribution in [2.75, 3.05) is 0 Å². The van der Waals surface area contributed by atoms with Crippen LogP contribution in [0, 0.1) is 0 Å². The number of hydrogen-bond acceptors (Lipinski definition) is 4. The van der Waals surface area contributed by atoms with Gasteiger partial charge in [0.05, 0.1) is 0 Å². The van der Waals surface area contributed by atoms with E-state index >= 15 is 0 Å². The zero-order valence-electron chi connectivity index (χ0n) is 18.3. The van der Waals surface area contributed by atoms with Crippen LogP contribution >= 0.6 is 10.3 Å². The molecule has 0 saturated heterocycles. The third-order valence-electron chi connectivity index (χ3n) is 5.28. The number of rotatable bonds is 6. The fraction of sp³-hybridized carbons (Fsp3) is 0.120. The van der Waals surface area contributed by atoms with Crippen molar-refractivity contribution in [3.63, 3.8) is 0 Å². The lowest BCUT2D eigenvalue weighted by Crippen LogP contribution is -2.56. The van der Waals surface area contributed by atoms with Crippen molar-refractivity contribution < 1.29 is 44.1 Å². The van der Waals surface area contributed by atoms with Crippen molar-refractivity contribution in [3.8, 4) is 0 Å². The molecular formula is C25H15F7O4S. The van der Waals surface area contributed by atoms with E-state index in [-0.39, 0.29) is 20.3 Å². The highest BCUT2D eigenvalue weighted by molar-refractivity contribution is 8.30. The van der Waals surface area contributed by atoms with E-state index in [2.05, 4.69) is 0 Å². The second kappa shape index (κ2) is 9.25. The third kappa shape index (κ3) is 4.45. The third-order valence-corrected chi connectivity index (χ3v) is 8.48. The molecule has 4 rings (SSSR count). The molecule has 0 aliphatic rings. The van der Waals surface area contributed by atoms with Gasteiger partial charge in [-0.25, -0.2) is 9.59 Å². The topological polar surface area (TPSA) is 56.5 Å².